The number of hydrogen-bond acceptors (Lipinski definition) is 4. The molecule has 0 aliphatic carbocycles. The first-order chi connectivity index (χ1) is 13.7. The van der Waals surface area contributed by atoms with Gasteiger partial charge in [0.25, 0.3) is 5.91 Å². The number of rotatable bonds is 7. The van der Waals surface area contributed by atoms with E-state index >= 15 is 0 Å². The summed E-state index contributed by atoms with van der Waals surface area (Å²) in [6.07, 6.45) is 1.53. The molecular formula is C21H20N4O3. The molecule has 3 N–H and O–H groups in total. The van der Waals surface area contributed by atoms with Crippen LogP contribution in [0.2, 0.25) is 0 Å². The second-order valence-electron chi connectivity index (χ2n) is 5.84. The average Bonchev–Trinajstić information content (AvgIpc) is 3.26. The Morgan fingerprint density at radius 2 is 1.46 bits per heavy atom. The summed E-state index contributed by atoms with van der Waals surface area (Å²) in [5.74, 6) is 0.192. The van der Waals surface area contributed by atoms with Crippen molar-refractivity contribution in [2.75, 3.05) is 6.54 Å². The third-order valence-corrected chi connectivity index (χ3v) is 3.80. The molecule has 0 atom stereocenters. The molecule has 142 valence electrons. The summed E-state index contributed by atoms with van der Waals surface area (Å²) in [6.45, 7) is 0.0368. The van der Waals surface area contributed by atoms with Gasteiger partial charge in [-0.3, -0.25) is 4.79 Å². The minimum atomic E-state index is -0.470. The van der Waals surface area contributed by atoms with Crippen LogP contribution < -0.4 is 16.1 Å². The minimum Gasteiger partial charge on any atom is -0.467 e. The molecule has 0 spiro atoms. The topological polar surface area (TPSA) is 95.7 Å². The first-order valence-electron chi connectivity index (χ1n) is 8.74. The molecule has 1 aromatic heterocycles. The van der Waals surface area contributed by atoms with Gasteiger partial charge in [0, 0.05) is 11.1 Å². The Bertz CT molecular complexity index is 881. The van der Waals surface area contributed by atoms with Crippen molar-refractivity contribution in [3.63, 3.8) is 0 Å². The molecule has 0 radical (unpaired) electrons. The smallest absolute Gasteiger partial charge is 0.315 e. The maximum Gasteiger partial charge on any atom is 0.315 e. The van der Waals surface area contributed by atoms with Crippen LogP contribution >= 0.6 is 0 Å². The number of hydrogen-bond donors (Lipinski definition) is 3. The van der Waals surface area contributed by atoms with E-state index in [0.29, 0.717) is 11.5 Å². The fourth-order valence-electron chi connectivity index (χ4n) is 2.45. The number of hydrazone groups is 1. The second-order valence-corrected chi connectivity index (χ2v) is 5.84. The van der Waals surface area contributed by atoms with Crippen molar-refractivity contribution in [2.24, 2.45) is 5.10 Å². The van der Waals surface area contributed by atoms with Crippen LogP contribution in [-0.4, -0.2) is 24.2 Å². The van der Waals surface area contributed by atoms with Crippen molar-refractivity contribution in [2.45, 2.75) is 6.54 Å². The summed E-state index contributed by atoms with van der Waals surface area (Å²) >= 11 is 0. The zero-order valence-corrected chi connectivity index (χ0v) is 15.1. The SMILES string of the molecule is O=C(CNC(=O)NCc1ccco1)NN=C(c1ccccc1)c1ccccc1. The highest BCUT2D eigenvalue weighted by molar-refractivity contribution is 6.13. The summed E-state index contributed by atoms with van der Waals surface area (Å²) < 4.78 is 5.12. The highest BCUT2D eigenvalue weighted by Gasteiger charge is 2.09. The summed E-state index contributed by atoms with van der Waals surface area (Å²) in [5.41, 5.74) is 4.88. The molecule has 3 amide bonds. The molecule has 2 aromatic carbocycles. The Morgan fingerprint density at radius 3 is 2.04 bits per heavy atom. The standard InChI is InChI=1S/C21H20N4O3/c26-19(15-23-21(27)22-14-18-12-7-13-28-18)24-25-20(16-8-3-1-4-9-16)17-10-5-2-6-11-17/h1-13H,14-15H2,(H,24,26)(H2,22,23,27). The maximum atomic E-state index is 12.1. The predicted octanol–water partition coefficient (Wildman–Crippen LogP) is 2.65. The molecule has 1 heterocycles. The fraction of sp³-hybridized carbons (Fsp3) is 0.0952. The van der Waals surface area contributed by atoms with Crippen LogP contribution in [0.15, 0.2) is 88.6 Å². The molecule has 7 nitrogen and oxygen atoms in total. The van der Waals surface area contributed by atoms with Crippen LogP contribution in [0.4, 0.5) is 4.79 Å². The fourth-order valence-corrected chi connectivity index (χ4v) is 2.45. The maximum absolute atomic E-state index is 12.1. The van der Waals surface area contributed by atoms with E-state index in [1.165, 1.54) is 6.26 Å². The molecule has 0 saturated heterocycles. The molecule has 0 fully saturated rings. The number of benzene rings is 2. The largest absolute Gasteiger partial charge is 0.467 e. The minimum absolute atomic E-state index is 0.204. The van der Waals surface area contributed by atoms with Gasteiger partial charge < -0.3 is 15.1 Å². The molecule has 7 heteroatoms. The first kappa shape index (κ1) is 18.9. The van der Waals surface area contributed by atoms with Crippen LogP contribution in [0.1, 0.15) is 16.9 Å². The second kappa shape index (κ2) is 9.72. The first-order valence-corrected chi connectivity index (χ1v) is 8.74. The van der Waals surface area contributed by atoms with E-state index in [0.717, 1.165) is 11.1 Å². The van der Waals surface area contributed by atoms with Gasteiger partial charge in [0.1, 0.15) is 12.3 Å². The highest BCUT2D eigenvalue weighted by atomic mass is 16.3. The predicted molar refractivity (Wildman–Crippen MR) is 106 cm³/mol. The Kier molecular flexibility index (Phi) is 6.57. The third-order valence-electron chi connectivity index (χ3n) is 3.80. The number of nitrogens with zero attached hydrogens (tertiary/aromatic N) is 1. The average molecular weight is 376 g/mol. The summed E-state index contributed by atoms with van der Waals surface area (Å²) in [5, 5.41) is 9.33. The van der Waals surface area contributed by atoms with E-state index in [4.69, 9.17) is 4.42 Å². The van der Waals surface area contributed by atoms with E-state index in [9.17, 15) is 9.59 Å². The number of nitrogens with one attached hydrogen (secondary N) is 3. The molecule has 3 rings (SSSR count). The lowest BCUT2D eigenvalue weighted by Gasteiger charge is -2.09. The molecule has 0 aliphatic heterocycles. The van der Waals surface area contributed by atoms with Gasteiger partial charge in [-0.15, -0.1) is 0 Å². The van der Waals surface area contributed by atoms with Crippen LogP contribution in [0.5, 0.6) is 0 Å². The Hall–Kier alpha value is -3.87. The van der Waals surface area contributed by atoms with Gasteiger partial charge in [-0.2, -0.15) is 5.10 Å². The zero-order chi connectivity index (χ0) is 19.6. The van der Waals surface area contributed by atoms with Gasteiger partial charge in [0.05, 0.1) is 18.5 Å². The van der Waals surface area contributed by atoms with Crippen molar-refractivity contribution in [1.29, 1.82) is 0 Å². The van der Waals surface area contributed by atoms with Crippen molar-refractivity contribution in [3.05, 3.63) is 95.9 Å². The number of furan rings is 1. The normalized spacial score (nSPS) is 10.0. The molecule has 28 heavy (non-hydrogen) atoms. The van der Waals surface area contributed by atoms with E-state index in [-0.39, 0.29) is 13.1 Å². The van der Waals surface area contributed by atoms with E-state index in [1.807, 2.05) is 60.7 Å². The number of carbonyl (C=O) groups is 2. The van der Waals surface area contributed by atoms with E-state index in [2.05, 4.69) is 21.2 Å². The lowest BCUT2D eigenvalue weighted by Crippen LogP contribution is -2.40. The van der Waals surface area contributed by atoms with Crippen molar-refractivity contribution >= 4 is 17.6 Å². The lowest BCUT2D eigenvalue weighted by atomic mass is 10.0. The zero-order valence-electron chi connectivity index (χ0n) is 15.1. The van der Waals surface area contributed by atoms with Crippen LogP contribution in [0.25, 0.3) is 0 Å². The Balaban J connectivity index is 1.56. The number of urea groups is 1. The molecule has 3 aromatic rings. The molecule has 0 saturated carbocycles. The summed E-state index contributed by atoms with van der Waals surface area (Å²) in [4.78, 5) is 23.8. The molecule has 0 bridgehead atoms. The van der Waals surface area contributed by atoms with Gasteiger partial charge in [-0.05, 0) is 12.1 Å². The summed E-state index contributed by atoms with van der Waals surface area (Å²) in [6, 6.07) is 22.1. The lowest BCUT2D eigenvalue weighted by molar-refractivity contribution is -0.120. The van der Waals surface area contributed by atoms with Gasteiger partial charge in [-0.25, -0.2) is 10.2 Å². The van der Waals surface area contributed by atoms with E-state index in [1.54, 1.807) is 12.1 Å². The molecule has 0 unspecified atom stereocenters. The van der Waals surface area contributed by atoms with Crippen LogP contribution in [0.3, 0.4) is 0 Å². The summed E-state index contributed by atoms with van der Waals surface area (Å²) in [7, 11) is 0. The van der Waals surface area contributed by atoms with E-state index < -0.39 is 11.9 Å². The van der Waals surface area contributed by atoms with Gasteiger partial charge in [-0.1, -0.05) is 60.7 Å². The third kappa shape index (κ3) is 5.57. The van der Waals surface area contributed by atoms with Gasteiger partial charge in [0.15, 0.2) is 0 Å². The monoisotopic (exact) mass is 376 g/mol. The van der Waals surface area contributed by atoms with Gasteiger partial charge in [0.2, 0.25) is 0 Å². The van der Waals surface area contributed by atoms with Crippen molar-refractivity contribution in [3.8, 4) is 0 Å². The number of amides is 3. The number of carbonyl (C=O) groups excluding carboxylic acids is 2. The van der Waals surface area contributed by atoms with Crippen molar-refractivity contribution in [1.82, 2.24) is 16.1 Å². The van der Waals surface area contributed by atoms with Gasteiger partial charge >= 0.3 is 6.03 Å². The van der Waals surface area contributed by atoms with Crippen LogP contribution in [-0.2, 0) is 11.3 Å². The molecular weight excluding hydrogens is 356 g/mol. The quantitative estimate of drug-likeness (QED) is 0.437. The Morgan fingerprint density at radius 1 is 0.821 bits per heavy atom. The van der Waals surface area contributed by atoms with Crippen molar-refractivity contribution < 1.29 is 14.0 Å². The molecule has 0 aliphatic rings. The van der Waals surface area contributed by atoms with Crippen LogP contribution in [0, 0.1) is 0 Å². The Labute approximate surface area is 162 Å². The highest BCUT2D eigenvalue weighted by Crippen LogP contribution is 2.10.